The number of rotatable bonds is 11. The summed E-state index contributed by atoms with van der Waals surface area (Å²) in [5.41, 5.74) is 1.36. The zero-order valence-corrected chi connectivity index (χ0v) is 23.1. The third kappa shape index (κ3) is 6.40. The quantitative estimate of drug-likeness (QED) is 0.268. The van der Waals surface area contributed by atoms with Crippen molar-refractivity contribution in [2.24, 2.45) is 0 Å². The lowest BCUT2D eigenvalue weighted by Gasteiger charge is -2.31. The van der Waals surface area contributed by atoms with E-state index in [1.165, 1.54) is 62.8 Å². The molecule has 1 saturated heterocycles. The number of alkyl halides is 2. The van der Waals surface area contributed by atoms with Gasteiger partial charge in [0.1, 0.15) is 41.0 Å². The molecule has 4 unspecified atom stereocenters. The Hall–Kier alpha value is -3.46. The molecule has 0 amide bonds. The van der Waals surface area contributed by atoms with Crippen LogP contribution >= 0.6 is 19.4 Å². The molecule has 41 heavy (non-hydrogen) atoms. The lowest BCUT2D eigenvalue weighted by atomic mass is 9.96. The molecule has 1 aliphatic heterocycles. The highest BCUT2D eigenvalue weighted by atomic mass is 35.5. The van der Waals surface area contributed by atoms with Gasteiger partial charge in [-0.25, -0.2) is 18.1 Å². The number of nitrogen functional groups attached to an aromatic ring is 1. The normalized spacial score (nSPS) is 22.5. The average Bonchev–Trinajstić information content (AvgIpc) is 3.21. The molecular formula is C24H25ClF2N3O10P. The predicted octanol–water partition coefficient (Wildman–Crippen LogP) is 3.03. The minimum atomic E-state index is -4.81. The Morgan fingerprint density at radius 1 is 1.05 bits per heavy atom. The second-order valence-electron chi connectivity index (χ2n) is 8.62. The first-order chi connectivity index (χ1) is 19.4. The van der Waals surface area contributed by atoms with Gasteiger partial charge in [-0.15, -0.1) is 0 Å². The molecule has 17 heteroatoms. The van der Waals surface area contributed by atoms with Crippen LogP contribution in [0.2, 0.25) is 5.02 Å². The van der Waals surface area contributed by atoms with E-state index >= 15 is 0 Å². The maximum atomic E-state index is 14.5. The summed E-state index contributed by atoms with van der Waals surface area (Å²) in [6.45, 7) is -1.33. The van der Waals surface area contributed by atoms with Crippen LogP contribution < -0.4 is 29.9 Å². The van der Waals surface area contributed by atoms with E-state index in [1.807, 2.05) is 0 Å². The Morgan fingerprint density at radius 3 is 2.00 bits per heavy atom. The van der Waals surface area contributed by atoms with Gasteiger partial charge in [0, 0.05) is 6.20 Å². The second-order valence-corrected chi connectivity index (χ2v) is 10.5. The van der Waals surface area contributed by atoms with Crippen molar-refractivity contribution >= 4 is 25.2 Å². The van der Waals surface area contributed by atoms with Gasteiger partial charge in [-0.05, 0) is 48.5 Å². The number of phosphoric acid groups is 1. The van der Waals surface area contributed by atoms with Gasteiger partial charge in [0.15, 0.2) is 11.8 Å². The molecule has 1 fully saturated rings. The van der Waals surface area contributed by atoms with Crippen molar-refractivity contribution in [1.82, 2.24) is 9.55 Å². The molecule has 13 nitrogen and oxygen atoms in total. The van der Waals surface area contributed by atoms with Gasteiger partial charge in [-0.1, -0.05) is 11.6 Å². The number of nitrogens with zero attached hydrogens (tertiary/aromatic N) is 2. The van der Waals surface area contributed by atoms with Crippen molar-refractivity contribution in [1.29, 1.82) is 0 Å². The first-order valence-electron chi connectivity index (χ1n) is 11.7. The zero-order valence-electron chi connectivity index (χ0n) is 21.4. The topological polar surface area (TPSA) is 174 Å². The zero-order chi connectivity index (χ0) is 29.9. The summed E-state index contributed by atoms with van der Waals surface area (Å²) in [6.07, 6.45) is -8.99. The summed E-state index contributed by atoms with van der Waals surface area (Å²) in [7, 11) is -1.96. The molecule has 3 aromatic rings. The van der Waals surface area contributed by atoms with Crippen LogP contribution in [0.1, 0.15) is 6.23 Å². The van der Waals surface area contributed by atoms with Gasteiger partial charge in [0.05, 0.1) is 25.8 Å². The molecule has 4 N–H and O–H groups in total. The lowest BCUT2D eigenvalue weighted by Crippen LogP contribution is -2.52. The van der Waals surface area contributed by atoms with Crippen molar-refractivity contribution in [3.8, 4) is 23.0 Å². The monoisotopic (exact) mass is 619 g/mol. The van der Waals surface area contributed by atoms with Crippen LogP contribution in [0.25, 0.3) is 0 Å². The SMILES string of the molecule is COc1ccc(OP(=O)(OCC2(C(F)F)OC(n3cc(Cl)c(N)nc3=O)C(O)C2O)Oc2ccc(OC)cc2)cc1. The number of hydrogen-bond acceptors (Lipinski definition) is 12. The first kappa shape index (κ1) is 30.5. The molecule has 4 rings (SSSR count). The smallest absolute Gasteiger partial charge is 0.497 e. The van der Waals surface area contributed by atoms with Crippen molar-refractivity contribution in [2.45, 2.75) is 30.5 Å². The summed E-state index contributed by atoms with van der Waals surface area (Å²) in [5, 5.41) is 21.0. The number of benzene rings is 2. The molecule has 1 aromatic heterocycles. The molecule has 1 aliphatic rings. The molecule has 0 bridgehead atoms. The van der Waals surface area contributed by atoms with Crippen LogP contribution in [0.5, 0.6) is 23.0 Å². The standard InChI is InChI=1S/C24H25ClF2N3O10P/c1-35-13-3-7-15(8-4-13)39-41(34,40-16-9-5-14(36-2)6-10-16)37-12-24(22(26)27)19(32)18(31)21(38-24)30-11-17(25)20(28)29-23(30)33/h3-11,18-19,21-22,31-32H,12H2,1-2H3,(H2,28,29,33). The first-order valence-corrected chi connectivity index (χ1v) is 13.5. The van der Waals surface area contributed by atoms with Gasteiger partial charge >= 0.3 is 13.5 Å². The predicted molar refractivity (Wildman–Crippen MR) is 140 cm³/mol. The third-order valence-electron chi connectivity index (χ3n) is 6.04. The van der Waals surface area contributed by atoms with E-state index in [-0.39, 0.29) is 22.3 Å². The number of methoxy groups -OCH3 is 2. The highest BCUT2D eigenvalue weighted by Gasteiger charge is 2.62. The summed E-state index contributed by atoms with van der Waals surface area (Å²) >= 11 is 5.89. The van der Waals surface area contributed by atoms with Gasteiger partial charge < -0.3 is 39.2 Å². The second kappa shape index (κ2) is 12.2. The fourth-order valence-corrected chi connectivity index (χ4v) is 5.23. The van der Waals surface area contributed by atoms with Crippen LogP contribution in [0.4, 0.5) is 14.6 Å². The Kier molecular flexibility index (Phi) is 9.07. The Labute approximate surface area is 236 Å². The van der Waals surface area contributed by atoms with Gasteiger partial charge in [0.25, 0.3) is 6.43 Å². The van der Waals surface area contributed by atoms with E-state index in [1.54, 1.807) is 0 Å². The van der Waals surface area contributed by atoms with E-state index in [9.17, 15) is 28.4 Å². The highest BCUT2D eigenvalue weighted by Crippen LogP contribution is 2.52. The summed E-state index contributed by atoms with van der Waals surface area (Å²) in [5.74, 6) is 0.436. The van der Waals surface area contributed by atoms with E-state index in [4.69, 9.17) is 45.1 Å². The highest BCUT2D eigenvalue weighted by molar-refractivity contribution is 7.49. The Bertz CT molecular complexity index is 1410. The molecule has 2 heterocycles. The van der Waals surface area contributed by atoms with Gasteiger partial charge in [0.2, 0.25) is 0 Å². The molecule has 0 aliphatic carbocycles. The fraction of sp³-hybridized carbons (Fsp3) is 0.333. The van der Waals surface area contributed by atoms with Crippen molar-refractivity contribution in [3.05, 3.63) is 70.2 Å². The van der Waals surface area contributed by atoms with Crippen molar-refractivity contribution in [3.63, 3.8) is 0 Å². The van der Waals surface area contributed by atoms with E-state index in [2.05, 4.69) is 4.98 Å². The number of aliphatic hydroxyl groups is 2. The number of phosphoric ester groups is 1. The number of halogens is 3. The summed E-state index contributed by atoms with van der Waals surface area (Å²) in [4.78, 5) is 15.8. The van der Waals surface area contributed by atoms with Crippen LogP contribution in [0.3, 0.4) is 0 Å². The molecule has 0 spiro atoms. The number of hydrogen-bond donors (Lipinski definition) is 3. The number of nitrogens with two attached hydrogens (primary N) is 1. The minimum absolute atomic E-state index is 0.0475. The largest absolute Gasteiger partial charge is 0.587 e. The molecule has 4 atom stereocenters. The van der Waals surface area contributed by atoms with Crippen molar-refractivity contribution in [2.75, 3.05) is 26.6 Å². The van der Waals surface area contributed by atoms with Crippen LogP contribution in [0, 0.1) is 0 Å². The van der Waals surface area contributed by atoms with E-state index in [0.29, 0.717) is 16.1 Å². The number of ether oxygens (including phenoxy) is 3. The summed E-state index contributed by atoms with van der Waals surface area (Å²) in [6, 6.07) is 11.3. The fourth-order valence-electron chi connectivity index (χ4n) is 3.82. The maximum Gasteiger partial charge on any atom is 0.587 e. The van der Waals surface area contributed by atoms with Crippen LogP contribution in [-0.4, -0.2) is 64.8 Å². The third-order valence-corrected chi connectivity index (χ3v) is 7.64. The summed E-state index contributed by atoms with van der Waals surface area (Å²) < 4.78 is 75.1. The molecular weight excluding hydrogens is 595 g/mol. The molecule has 0 saturated carbocycles. The minimum Gasteiger partial charge on any atom is -0.497 e. The number of aromatic nitrogens is 2. The Morgan fingerprint density at radius 2 is 1.54 bits per heavy atom. The molecule has 2 aromatic carbocycles. The number of anilines is 1. The van der Waals surface area contributed by atoms with Crippen LogP contribution in [0.15, 0.2) is 59.5 Å². The average molecular weight is 620 g/mol. The van der Waals surface area contributed by atoms with Gasteiger partial charge in [-0.3, -0.25) is 9.09 Å². The lowest BCUT2D eigenvalue weighted by molar-refractivity contribution is -0.193. The van der Waals surface area contributed by atoms with Crippen LogP contribution in [-0.2, 0) is 13.8 Å². The van der Waals surface area contributed by atoms with Crippen molar-refractivity contribution < 1.29 is 51.3 Å². The molecule has 0 radical (unpaired) electrons. The molecule has 222 valence electrons. The Balaban J connectivity index is 1.65. The maximum absolute atomic E-state index is 14.5. The van der Waals surface area contributed by atoms with E-state index in [0.717, 1.165) is 6.20 Å². The number of aliphatic hydroxyl groups excluding tert-OH is 2. The van der Waals surface area contributed by atoms with E-state index < -0.39 is 50.6 Å². The van der Waals surface area contributed by atoms with Gasteiger partial charge in [-0.2, -0.15) is 4.98 Å².